The fourth-order valence-corrected chi connectivity index (χ4v) is 4.55. The van der Waals surface area contributed by atoms with E-state index in [1.807, 2.05) is 9.80 Å². The number of hydrogen-bond acceptors (Lipinski definition) is 2. The average Bonchev–Trinajstić information content (AvgIpc) is 3.46. The van der Waals surface area contributed by atoms with Gasteiger partial charge in [-0.15, -0.1) is 0 Å². The number of hydrogen-bond donors (Lipinski definition) is 1. The Kier molecular flexibility index (Phi) is 5.01. The second-order valence-corrected chi connectivity index (χ2v) is 8.71. The Morgan fingerprint density at radius 2 is 2.11 bits per heavy atom. The molecule has 0 bridgehead atoms. The summed E-state index contributed by atoms with van der Waals surface area (Å²) in [6, 6.07) is 3.99. The van der Waals surface area contributed by atoms with Crippen LogP contribution in [0, 0.1) is 17.2 Å². The predicted molar refractivity (Wildman–Crippen MR) is 102 cm³/mol. The zero-order chi connectivity index (χ0) is 19.0. The van der Waals surface area contributed by atoms with Crippen LogP contribution in [0.5, 0.6) is 0 Å². The van der Waals surface area contributed by atoms with Crippen LogP contribution in [0.3, 0.4) is 0 Å². The van der Waals surface area contributed by atoms with E-state index in [4.69, 9.17) is 11.6 Å². The van der Waals surface area contributed by atoms with Crippen molar-refractivity contribution in [2.75, 3.05) is 31.5 Å². The van der Waals surface area contributed by atoms with Crippen molar-refractivity contribution in [3.8, 4) is 0 Å². The van der Waals surface area contributed by atoms with Gasteiger partial charge in [-0.25, -0.2) is 9.18 Å². The van der Waals surface area contributed by atoms with E-state index in [1.54, 1.807) is 0 Å². The highest BCUT2D eigenvalue weighted by Gasteiger charge is 2.43. The highest BCUT2D eigenvalue weighted by molar-refractivity contribution is 6.31. The number of carbonyl (C=O) groups excluding carboxylic acids is 2. The molecule has 3 amide bonds. The smallest absolute Gasteiger partial charge is 0.321 e. The van der Waals surface area contributed by atoms with Gasteiger partial charge in [0.05, 0.1) is 5.02 Å². The number of nitrogens with one attached hydrogen (secondary N) is 1. The minimum atomic E-state index is -0.505. The van der Waals surface area contributed by atoms with Crippen molar-refractivity contribution < 1.29 is 14.0 Å². The van der Waals surface area contributed by atoms with Crippen molar-refractivity contribution in [1.29, 1.82) is 0 Å². The van der Waals surface area contributed by atoms with Crippen LogP contribution in [0.15, 0.2) is 18.2 Å². The van der Waals surface area contributed by atoms with E-state index in [9.17, 15) is 14.0 Å². The largest absolute Gasteiger partial charge is 0.342 e. The molecule has 1 unspecified atom stereocenters. The van der Waals surface area contributed by atoms with Gasteiger partial charge in [0, 0.05) is 43.7 Å². The molecule has 1 atom stereocenters. The van der Waals surface area contributed by atoms with Crippen LogP contribution in [0.25, 0.3) is 0 Å². The summed E-state index contributed by atoms with van der Waals surface area (Å²) >= 11 is 5.80. The van der Waals surface area contributed by atoms with Gasteiger partial charge in [0.15, 0.2) is 0 Å². The van der Waals surface area contributed by atoms with Crippen molar-refractivity contribution in [3.05, 3.63) is 29.0 Å². The summed E-state index contributed by atoms with van der Waals surface area (Å²) in [4.78, 5) is 28.9. The van der Waals surface area contributed by atoms with Gasteiger partial charge in [0.25, 0.3) is 0 Å². The lowest BCUT2D eigenvalue weighted by molar-refractivity contribution is -0.139. The minimum Gasteiger partial charge on any atom is -0.342 e. The molecule has 1 N–H and O–H groups in total. The van der Waals surface area contributed by atoms with Crippen molar-refractivity contribution in [2.45, 2.75) is 38.5 Å². The monoisotopic (exact) mass is 393 g/mol. The van der Waals surface area contributed by atoms with Crippen LogP contribution in [0.4, 0.5) is 14.9 Å². The Hall–Kier alpha value is -1.82. The first kappa shape index (κ1) is 18.5. The number of nitrogens with zero attached hydrogens (tertiary/aromatic N) is 2. The maximum Gasteiger partial charge on any atom is 0.321 e. The third-order valence-electron chi connectivity index (χ3n) is 6.04. The van der Waals surface area contributed by atoms with E-state index < -0.39 is 5.82 Å². The maximum atomic E-state index is 13.3. The minimum absolute atomic E-state index is 0.00116. The van der Waals surface area contributed by atoms with E-state index in [0.29, 0.717) is 31.1 Å². The van der Waals surface area contributed by atoms with Crippen molar-refractivity contribution in [1.82, 2.24) is 9.80 Å². The van der Waals surface area contributed by atoms with Gasteiger partial charge in [-0.05, 0) is 56.2 Å². The summed E-state index contributed by atoms with van der Waals surface area (Å²) < 4.78 is 13.3. The lowest BCUT2D eigenvalue weighted by atomic mass is 9.73. The summed E-state index contributed by atoms with van der Waals surface area (Å²) in [6.45, 7) is 2.98. The number of rotatable bonds is 3. The molecule has 4 rings (SSSR count). The van der Waals surface area contributed by atoms with Gasteiger partial charge in [0.2, 0.25) is 5.91 Å². The van der Waals surface area contributed by atoms with Crippen LogP contribution in [-0.2, 0) is 4.79 Å². The molecule has 27 heavy (non-hydrogen) atoms. The van der Waals surface area contributed by atoms with Crippen LogP contribution in [0.2, 0.25) is 5.02 Å². The third kappa shape index (κ3) is 4.21. The molecule has 2 saturated heterocycles. The molecule has 2 heterocycles. The molecule has 1 aromatic carbocycles. The van der Waals surface area contributed by atoms with E-state index in [1.165, 1.54) is 31.0 Å². The van der Waals surface area contributed by atoms with Gasteiger partial charge in [0.1, 0.15) is 5.82 Å². The standard InChI is InChI=1S/C20H25ClFN3O2/c21-16-10-15(4-5-17(16)22)23-19(27)24-9-1-7-20(12-24)8-6-18(26)25(13-20)11-14-2-3-14/h4-5,10,14H,1-3,6-9,11-13H2,(H,23,27). The molecule has 146 valence electrons. The molecule has 0 radical (unpaired) electrons. The van der Waals surface area contributed by atoms with Gasteiger partial charge in [-0.3, -0.25) is 4.79 Å². The van der Waals surface area contributed by atoms with Crippen LogP contribution in [-0.4, -0.2) is 47.9 Å². The average molecular weight is 394 g/mol. The molecule has 5 nitrogen and oxygen atoms in total. The second-order valence-electron chi connectivity index (χ2n) is 8.30. The van der Waals surface area contributed by atoms with Gasteiger partial charge in [-0.2, -0.15) is 0 Å². The first-order valence-electron chi connectivity index (χ1n) is 9.73. The van der Waals surface area contributed by atoms with Gasteiger partial charge < -0.3 is 15.1 Å². The van der Waals surface area contributed by atoms with Crippen LogP contribution in [0.1, 0.15) is 38.5 Å². The summed E-state index contributed by atoms with van der Waals surface area (Å²) in [6.07, 6.45) is 5.86. The zero-order valence-electron chi connectivity index (χ0n) is 15.3. The Bertz CT molecular complexity index is 755. The van der Waals surface area contributed by atoms with Crippen molar-refractivity contribution in [2.24, 2.45) is 11.3 Å². The summed E-state index contributed by atoms with van der Waals surface area (Å²) in [7, 11) is 0. The fourth-order valence-electron chi connectivity index (χ4n) is 4.37. The maximum absolute atomic E-state index is 13.3. The molecule has 2 aliphatic heterocycles. The molecule has 3 aliphatic rings. The zero-order valence-corrected chi connectivity index (χ0v) is 16.1. The number of anilines is 1. The number of carbonyl (C=O) groups is 2. The lowest BCUT2D eigenvalue weighted by Crippen LogP contribution is -2.56. The number of urea groups is 1. The summed E-state index contributed by atoms with van der Waals surface area (Å²) in [5.41, 5.74) is 0.485. The van der Waals surface area contributed by atoms with Gasteiger partial charge in [-0.1, -0.05) is 11.6 Å². The number of benzene rings is 1. The van der Waals surface area contributed by atoms with E-state index >= 15 is 0 Å². The molecule has 7 heteroatoms. The van der Waals surface area contributed by atoms with Crippen LogP contribution < -0.4 is 5.32 Å². The number of piperidine rings is 2. The number of amides is 3. The Balaban J connectivity index is 1.41. The summed E-state index contributed by atoms with van der Waals surface area (Å²) in [5, 5.41) is 2.81. The lowest BCUT2D eigenvalue weighted by Gasteiger charge is -2.48. The first-order chi connectivity index (χ1) is 12.9. The predicted octanol–water partition coefficient (Wildman–Crippen LogP) is 4.13. The highest BCUT2D eigenvalue weighted by atomic mass is 35.5. The van der Waals surface area contributed by atoms with E-state index in [2.05, 4.69) is 5.32 Å². The van der Waals surface area contributed by atoms with E-state index in [-0.39, 0.29) is 22.4 Å². The topological polar surface area (TPSA) is 52.7 Å². The third-order valence-corrected chi connectivity index (χ3v) is 6.33. The Morgan fingerprint density at radius 1 is 1.30 bits per heavy atom. The van der Waals surface area contributed by atoms with Crippen LogP contribution >= 0.6 is 11.6 Å². The highest BCUT2D eigenvalue weighted by Crippen LogP contribution is 2.40. The summed E-state index contributed by atoms with van der Waals surface area (Å²) in [5.74, 6) is 0.430. The normalized spacial score (nSPS) is 25.8. The second kappa shape index (κ2) is 7.30. The SMILES string of the molecule is O=C1CCC2(CCCN(C(=O)Nc3ccc(F)c(Cl)c3)C2)CN1CC1CC1. The molecule has 1 aliphatic carbocycles. The number of likely N-dealkylation sites (tertiary alicyclic amines) is 2. The van der Waals surface area contributed by atoms with Gasteiger partial charge >= 0.3 is 6.03 Å². The quantitative estimate of drug-likeness (QED) is 0.839. The molecule has 1 spiro atoms. The molecule has 1 aromatic rings. The van der Waals surface area contributed by atoms with E-state index in [0.717, 1.165) is 32.4 Å². The Labute approximate surface area is 163 Å². The molecular formula is C20H25ClFN3O2. The molecule has 1 saturated carbocycles. The van der Waals surface area contributed by atoms with Crippen molar-refractivity contribution in [3.63, 3.8) is 0 Å². The molecule has 0 aromatic heterocycles. The Morgan fingerprint density at radius 3 is 2.85 bits per heavy atom. The first-order valence-corrected chi connectivity index (χ1v) is 10.1. The fraction of sp³-hybridized carbons (Fsp3) is 0.600. The van der Waals surface area contributed by atoms with Crippen molar-refractivity contribution >= 4 is 29.2 Å². The molecule has 3 fully saturated rings. The molecular weight excluding hydrogens is 369 g/mol. The number of halogens is 2.